The van der Waals surface area contributed by atoms with E-state index in [4.69, 9.17) is 0 Å². The molecule has 0 unspecified atom stereocenters. The van der Waals surface area contributed by atoms with Crippen LogP contribution in [0.1, 0.15) is 5.56 Å². The minimum atomic E-state index is 0.538. The molecule has 1 rings (SSSR count). The first-order valence-electron chi connectivity index (χ1n) is 3.62. The summed E-state index contributed by atoms with van der Waals surface area (Å²) >= 11 is 0. The average Bonchev–Trinajstić information content (AvgIpc) is 2.06. The lowest BCUT2D eigenvalue weighted by Gasteiger charge is -1.96. The van der Waals surface area contributed by atoms with Gasteiger partial charge in [0.1, 0.15) is 0 Å². The molecule has 0 aliphatic carbocycles. The lowest BCUT2D eigenvalue weighted by atomic mass is 10.1. The SMILES string of the molecule is C=C(Cc1ccccc1)N=C=O. The largest absolute Gasteiger partial charge is 0.240 e. The zero-order valence-corrected chi connectivity index (χ0v) is 6.66. The van der Waals surface area contributed by atoms with Crippen LogP contribution in [0, 0.1) is 0 Å². The van der Waals surface area contributed by atoms with Crippen LogP contribution in [-0.2, 0) is 11.2 Å². The molecule has 0 heterocycles. The van der Waals surface area contributed by atoms with Gasteiger partial charge in [0.05, 0.1) is 5.70 Å². The van der Waals surface area contributed by atoms with E-state index in [1.54, 1.807) is 0 Å². The van der Waals surface area contributed by atoms with Gasteiger partial charge in [-0.2, -0.15) is 4.99 Å². The van der Waals surface area contributed by atoms with E-state index < -0.39 is 0 Å². The maximum Gasteiger partial charge on any atom is 0.240 e. The van der Waals surface area contributed by atoms with Gasteiger partial charge in [-0.05, 0) is 5.56 Å². The minimum Gasteiger partial charge on any atom is -0.211 e. The fourth-order valence-corrected chi connectivity index (χ4v) is 0.936. The van der Waals surface area contributed by atoms with Gasteiger partial charge in [-0.1, -0.05) is 36.9 Å². The molecule has 0 fully saturated rings. The first kappa shape index (κ1) is 8.44. The molecule has 0 amide bonds. The first-order valence-corrected chi connectivity index (χ1v) is 3.62. The molecule has 0 N–H and O–H groups in total. The van der Waals surface area contributed by atoms with Crippen molar-refractivity contribution in [3.63, 3.8) is 0 Å². The Hall–Kier alpha value is -1.66. The van der Waals surface area contributed by atoms with E-state index in [1.165, 1.54) is 6.08 Å². The second kappa shape index (κ2) is 4.27. The van der Waals surface area contributed by atoms with Crippen molar-refractivity contribution in [2.45, 2.75) is 6.42 Å². The molecule has 0 spiro atoms. The van der Waals surface area contributed by atoms with Gasteiger partial charge < -0.3 is 0 Å². The average molecular weight is 159 g/mol. The van der Waals surface area contributed by atoms with E-state index in [9.17, 15) is 4.79 Å². The highest BCUT2D eigenvalue weighted by Gasteiger charge is 1.93. The smallest absolute Gasteiger partial charge is 0.211 e. The Morgan fingerprint density at radius 1 is 1.42 bits per heavy atom. The van der Waals surface area contributed by atoms with Crippen LogP contribution >= 0.6 is 0 Å². The van der Waals surface area contributed by atoms with E-state index in [0.717, 1.165) is 5.56 Å². The first-order chi connectivity index (χ1) is 5.83. The fourth-order valence-electron chi connectivity index (χ4n) is 0.936. The number of benzene rings is 1. The molecular formula is C10H9NO. The van der Waals surface area contributed by atoms with Crippen molar-refractivity contribution in [2.24, 2.45) is 4.99 Å². The highest BCUT2D eigenvalue weighted by molar-refractivity contribution is 5.37. The number of hydrogen-bond acceptors (Lipinski definition) is 2. The predicted octanol–water partition coefficient (Wildman–Crippen LogP) is 2.08. The van der Waals surface area contributed by atoms with Crippen molar-refractivity contribution in [1.82, 2.24) is 0 Å². The number of rotatable bonds is 3. The Morgan fingerprint density at radius 3 is 2.67 bits per heavy atom. The van der Waals surface area contributed by atoms with Crippen molar-refractivity contribution in [3.8, 4) is 0 Å². The summed E-state index contributed by atoms with van der Waals surface area (Å²) in [5.74, 6) is 0. The summed E-state index contributed by atoms with van der Waals surface area (Å²) in [6.45, 7) is 3.61. The highest BCUT2D eigenvalue weighted by Crippen LogP contribution is 2.05. The summed E-state index contributed by atoms with van der Waals surface area (Å²) in [4.78, 5) is 13.3. The molecule has 0 aromatic heterocycles. The molecular weight excluding hydrogens is 150 g/mol. The molecule has 0 saturated heterocycles. The molecule has 2 heteroatoms. The third-order valence-corrected chi connectivity index (χ3v) is 1.45. The number of nitrogens with zero attached hydrogens (tertiary/aromatic N) is 1. The van der Waals surface area contributed by atoms with Crippen molar-refractivity contribution in [1.29, 1.82) is 0 Å². The van der Waals surface area contributed by atoms with Crippen LogP contribution < -0.4 is 0 Å². The van der Waals surface area contributed by atoms with Crippen LogP contribution in [0.4, 0.5) is 0 Å². The molecule has 0 bridgehead atoms. The molecule has 2 nitrogen and oxygen atoms in total. The number of carbonyl (C=O) groups excluding carboxylic acids is 1. The Kier molecular flexibility index (Phi) is 3.00. The van der Waals surface area contributed by atoms with Gasteiger partial charge in [0.15, 0.2) is 0 Å². The lowest BCUT2D eigenvalue weighted by molar-refractivity contribution is 0.564. The molecule has 0 radical (unpaired) electrons. The van der Waals surface area contributed by atoms with E-state index in [2.05, 4.69) is 11.6 Å². The van der Waals surface area contributed by atoms with Crippen LogP contribution in [0.5, 0.6) is 0 Å². The topological polar surface area (TPSA) is 29.4 Å². The van der Waals surface area contributed by atoms with Crippen molar-refractivity contribution in [3.05, 3.63) is 48.2 Å². The van der Waals surface area contributed by atoms with Crippen LogP contribution in [0.15, 0.2) is 47.6 Å². The van der Waals surface area contributed by atoms with Gasteiger partial charge in [0.2, 0.25) is 6.08 Å². The Bertz CT molecular complexity index is 310. The molecule has 1 aromatic rings. The Balaban J connectivity index is 2.64. The lowest BCUT2D eigenvalue weighted by Crippen LogP contribution is -1.84. The summed E-state index contributed by atoms with van der Waals surface area (Å²) < 4.78 is 0. The standard InChI is InChI=1S/C10H9NO/c1-9(11-8-12)7-10-5-3-2-4-6-10/h2-6H,1,7H2. The quantitative estimate of drug-likeness (QED) is 0.490. The van der Waals surface area contributed by atoms with Crippen LogP contribution in [0.3, 0.4) is 0 Å². The van der Waals surface area contributed by atoms with Crippen LogP contribution in [-0.4, -0.2) is 6.08 Å². The van der Waals surface area contributed by atoms with Gasteiger partial charge in [-0.3, -0.25) is 0 Å². The molecule has 0 aliphatic rings. The van der Waals surface area contributed by atoms with Crippen LogP contribution in [0.25, 0.3) is 0 Å². The zero-order chi connectivity index (χ0) is 8.81. The Labute approximate surface area is 71.3 Å². The summed E-state index contributed by atoms with van der Waals surface area (Å²) in [6, 6.07) is 9.74. The van der Waals surface area contributed by atoms with E-state index >= 15 is 0 Å². The van der Waals surface area contributed by atoms with Crippen molar-refractivity contribution < 1.29 is 4.79 Å². The highest BCUT2D eigenvalue weighted by atomic mass is 16.1. The van der Waals surface area contributed by atoms with E-state index in [0.29, 0.717) is 12.1 Å². The van der Waals surface area contributed by atoms with E-state index in [-0.39, 0.29) is 0 Å². The van der Waals surface area contributed by atoms with Gasteiger partial charge in [-0.25, -0.2) is 4.79 Å². The summed E-state index contributed by atoms with van der Waals surface area (Å²) in [6.07, 6.45) is 2.07. The third kappa shape index (κ3) is 2.52. The summed E-state index contributed by atoms with van der Waals surface area (Å²) in [5.41, 5.74) is 1.64. The van der Waals surface area contributed by atoms with Crippen molar-refractivity contribution in [2.75, 3.05) is 0 Å². The van der Waals surface area contributed by atoms with Crippen LogP contribution in [0.2, 0.25) is 0 Å². The number of isocyanates is 1. The maximum atomic E-state index is 9.85. The molecule has 60 valence electrons. The number of allylic oxidation sites excluding steroid dienone is 1. The fraction of sp³-hybridized carbons (Fsp3) is 0.100. The molecule has 0 atom stereocenters. The minimum absolute atomic E-state index is 0.538. The molecule has 12 heavy (non-hydrogen) atoms. The maximum absolute atomic E-state index is 9.85. The predicted molar refractivity (Wildman–Crippen MR) is 47.4 cm³/mol. The van der Waals surface area contributed by atoms with Gasteiger partial charge in [0.25, 0.3) is 0 Å². The van der Waals surface area contributed by atoms with Gasteiger partial charge in [0, 0.05) is 6.42 Å². The number of hydrogen-bond donors (Lipinski definition) is 0. The summed E-state index contributed by atoms with van der Waals surface area (Å²) in [5, 5.41) is 0. The Morgan fingerprint density at radius 2 is 2.08 bits per heavy atom. The second-order valence-electron chi connectivity index (χ2n) is 2.43. The monoisotopic (exact) mass is 159 g/mol. The molecule has 0 saturated carbocycles. The normalized spacial score (nSPS) is 8.67. The van der Waals surface area contributed by atoms with Gasteiger partial charge in [-0.15, -0.1) is 0 Å². The van der Waals surface area contributed by atoms with E-state index in [1.807, 2.05) is 30.3 Å². The zero-order valence-electron chi connectivity index (χ0n) is 6.66. The molecule has 0 aliphatic heterocycles. The summed E-state index contributed by atoms with van der Waals surface area (Å²) in [7, 11) is 0. The van der Waals surface area contributed by atoms with Gasteiger partial charge >= 0.3 is 0 Å². The third-order valence-electron chi connectivity index (χ3n) is 1.45. The molecule has 1 aromatic carbocycles. The second-order valence-corrected chi connectivity index (χ2v) is 2.43. The number of aliphatic imine (C=N–C) groups is 1. The van der Waals surface area contributed by atoms with Crippen molar-refractivity contribution >= 4 is 6.08 Å².